The molecule has 2 aliphatic rings. The fourth-order valence-electron chi connectivity index (χ4n) is 4.84. The van der Waals surface area contributed by atoms with Gasteiger partial charge in [-0.1, -0.05) is 12.5 Å². The number of nitrogens with one attached hydrogen (secondary N) is 1. The maximum absolute atomic E-state index is 13.7. The van der Waals surface area contributed by atoms with Crippen molar-refractivity contribution in [2.75, 3.05) is 13.1 Å². The number of nitrogens with zero attached hydrogens (tertiary/aromatic N) is 4. The quantitative estimate of drug-likeness (QED) is 0.678. The Morgan fingerprint density at radius 3 is 2.81 bits per heavy atom. The van der Waals surface area contributed by atoms with Gasteiger partial charge in [0.1, 0.15) is 0 Å². The zero-order valence-corrected chi connectivity index (χ0v) is 17.9. The van der Waals surface area contributed by atoms with Gasteiger partial charge in [-0.05, 0) is 37.1 Å². The van der Waals surface area contributed by atoms with E-state index in [0.717, 1.165) is 43.3 Å². The van der Waals surface area contributed by atoms with E-state index in [-0.39, 0.29) is 24.1 Å². The molecule has 1 amide bonds. The van der Waals surface area contributed by atoms with Crippen molar-refractivity contribution < 1.29 is 13.6 Å². The fraction of sp³-hybridized carbons (Fsp3) is 0.435. The number of aromatic nitrogens is 3. The molecule has 1 fully saturated rings. The van der Waals surface area contributed by atoms with E-state index < -0.39 is 11.6 Å². The summed E-state index contributed by atoms with van der Waals surface area (Å²) < 4.78 is 28.5. The first kappa shape index (κ1) is 20.8. The summed E-state index contributed by atoms with van der Waals surface area (Å²) >= 11 is 0. The molecule has 3 aromatic rings. The third kappa shape index (κ3) is 3.70. The van der Waals surface area contributed by atoms with E-state index in [0.29, 0.717) is 36.3 Å². The van der Waals surface area contributed by atoms with Crippen molar-refractivity contribution in [1.29, 1.82) is 0 Å². The molecule has 1 atom stereocenters. The zero-order chi connectivity index (χ0) is 22.4. The number of benzene rings is 1. The molecule has 0 saturated carbocycles. The Kier molecular flexibility index (Phi) is 5.28. The Hall–Kier alpha value is -3.07. The third-order valence-electron chi connectivity index (χ3n) is 6.57. The van der Waals surface area contributed by atoms with E-state index in [9.17, 15) is 18.4 Å². The molecule has 4 heterocycles. The molecule has 5 rings (SSSR count). The van der Waals surface area contributed by atoms with Gasteiger partial charge in [-0.3, -0.25) is 19.6 Å². The number of hydrogen-bond acceptors (Lipinski definition) is 4. The predicted octanol–water partition coefficient (Wildman–Crippen LogP) is 2.93. The summed E-state index contributed by atoms with van der Waals surface area (Å²) in [6.45, 7) is 3.66. The molecular formula is C23H25F2N5O2. The number of rotatable bonds is 3. The number of likely N-dealkylation sites (tertiary alicyclic amines) is 1. The van der Waals surface area contributed by atoms with Gasteiger partial charge in [0.25, 0.3) is 5.56 Å². The van der Waals surface area contributed by atoms with Crippen LogP contribution >= 0.6 is 0 Å². The molecule has 1 aromatic carbocycles. The van der Waals surface area contributed by atoms with Gasteiger partial charge in [0.05, 0.1) is 29.5 Å². The molecule has 168 valence electrons. The van der Waals surface area contributed by atoms with Crippen LogP contribution in [0.3, 0.4) is 0 Å². The molecule has 9 heteroatoms. The van der Waals surface area contributed by atoms with Gasteiger partial charge in [-0.2, -0.15) is 0 Å². The Balaban J connectivity index is 1.47. The number of carbonyl (C=O) groups excluding carboxylic acids is 1. The number of hydrogen-bond donors (Lipinski definition) is 1. The highest BCUT2D eigenvalue weighted by molar-refractivity contribution is 5.73. The summed E-state index contributed by atoms with van der Waals surface area (Å²) in [5.41, 5.74) is 3.29. The van der Waals surface area contributed by atoms with E-state index in [1.807, 2.05) is 6.07 Å². The van der Waals surface area contributed by atoms with E-state index in [2.05, 4.69) is 10.00 Å². The first-order valence-corrected chi connectivity index (χ1v) is 11.0. The lowest BCUT2D eigenvalue weighted by Gasteiger charge is -2.35. The number of aromatic amines is 1. The van der Waals surface area contributed by atoms with Crippen molar-refractivity contribution in [1.82, 2.24) is 24.4 Å². The minimum absolute atomic E-state index is 0.0173. The highest BCUT2D eigenvalue weighted by Crippen LogP contribution is 2.32. The van der Waals surface area contributed by atoms with Crippen molar-refractivity contribution in [3.05, 3.63) is 68.8 Å². The van der Waals surface area contributed by atoms with Crippen LogP contribution in [0.2, 0.25) is 0 Å². The van der Waals surface area contributed by atoms with Crippen LogP contribution < -0.4 is 5.56 Å². The minimum Gasteiger partial charge on any atom is -0.338 e. The Morgan fingerprint density at radius 1 is 1.19 bits per heavy atom. The number of H-pyrrole nitrogens is 1. The maximum atomic E-state index is 13.7. The van der Waals surface area contributed by atoms with Crippen LogP contribution in [0.5, 0.6) is 0 Å². The monoisotopic (exact) mass is 441 g/mol. The van der Waals surface area contributed by atoms with Crippen molar-refractivity contribution in [2.24, 2.45) is 0 Å². The summed E-state index contributed by atoms with van der Waals surface area (Å²) in [5.74, 6) is -1.75. The summed E-state index contributed by atoms with van der Waals surface area (Å²) in [6, 6.07) is 5.94. The average molecular weight is 441 g/mol. The number of halogens is 2. The smallest absolute Gasteiger partial charge is 0.277 e. The highest BCUT2D eigenvalue weighted by Gasteiger charge is 2.28. The molecule has 32 heavy (non-hydrogen) atoms. The summed E-state index contributed by atoms with van der Waals surface area (Å²) in [5, 5.41) is 3.23. The van der Waals surface area contributed by atoms with E-state index in [4.69, 9.17) is 4.98 Å². The van der Waals surface area contributed by atoms with Crippen LogP contribution in [-0.4, -0.2) is 43.4 Å². The van der Waals surface area contributed by atoms with Crippen LogP contribution in [0.25, 0.3) is 5.65 Å². The van der Waals surface area contributed by atoms with Crippen LogP contribution in [0.1, 0.15) is 54.7 Å². The summed E-state index contributed by atoms with van der Waals surface area (Å²) in [7, 11) is 0. The van der Waals surface area contributed by atoms with Gasteiger partial charge in [-0.25, -0.2) is 18.3 Å². The molecule has 2 aromatic heterocycles. The Bertz CT molecular complexity index is 1250. The molecule has 0 unspecified atom stereocenters. The Morgan fingerprint density at radius 2 is 2.03 bits per heavy atom. The topological polar surface area (TPSA) is 73.7 Å². The second-order valence-electron chi connectivity index (χ2n) is 8.67. The fourth-order valence-corrected chi connectivity index (χ4v) is 4.84. The first-order chi connectivity index (χ1) is 15.4. The zero-order valence-electron chi connectivity index (χ0n) is 17.9. The normalized spacial score (nSPS) is 19.3. The van der Waals surface area contributed by atoms with E-state index in [1.54, 1.807) is 11.0 Å². The average Bonchev–Trinajstić information content (AvgIpc) is 3.21. The molecule has 0 spiro atoms. The molecule has 0 radical (unpaired) electrons. The lowest BCUT2D eigenvalue weighted by molar-refractivity contribution is -0.129. The second kappa shape index (κ2) is 8.12. The number of carbonyl (C=O) groups is 1. The van der Waals surface area contributed by atoms with Crippen LogP contribution in [0.4, 0.5) is 8.78 Å². The van der Waals surface area contributed by atoms with Crippen molar-refractivity contribution >= 4 is 11.6 Å². The molecule has 7 nitrogen and oxygen atoms in total. The second-order valence-corrected chi connectivity index (χ2v) is 8.67. The van der Waals surface area contributed by atoms with Gasteiger partial charge in [-0.15, -0.1) is 0 Å². The van der Waals surface area contributed by atoms with Crippen LogP contribution in [0.15, 0.2) is 29.1 Å². The van der Waals surface area contributed by atoms with Crippen molar-refractivity contribution in [2.45, 2.75) is 51.7 Å². The maximum Gasteiger partial charge on any atom is 0.277 e. The molecule has 1 saturated heterocycles. The molecule has 0 bridgehead atoms. The number of piperidine rings is 1. The number of amides is 1. The molecule has 0 aliphatic carbocycles. The molecule has 1 N–H and O–H groups in total. The van der Waals surface area contributed by atoms with Gasteiger partial charge in [0.15, 0.2) is 17.3 Å². The lowest BCUT2D eigenvalue weighted by Crippen LogP contribution is -2.39. The van der Waals surface area contributed by atoms with Gasteiger partial charge >= 0.3 is 0 Å². The number of fused-ring (bicyclic) bond motifs is 2. The molecule has 2 aliphatic heterocycles. The molecular weight excluding hydrogens is 416 g/mol. The van der Waals surface area contributed by atoms with Crippen molar-refractivity contribution in [3.63, 3.8) is 0 Å². The van der Waals surface area contributed by atoms with Gasteiger partial charge in [0.2, 0.25) is 5.91 Å². The Labute approximate surface area is 183 Å². The third-order valence-corrected chi connectivity index (χ3v) is 6.57. The van der Waals surface area contributed by atoms with E-state index >= 15 is 0 Å². The van der Waals surface area contributed by atoms with Crippen LogP contribution in [-0.2, 0) is 24.3 Å². The predicted molar refractivity (Wildman–Crippen MR) is 114 cm³/mol. The highest BCUT2D eigenvalue weighted by atomic mass is 19.2. The standard InChI is InChI=1S/C23H25F2N5O2/c1-14(31)28-9-7-19-16(13-28)23(32)30-22(26-19)11-20(27-30)21-4-2-3-8-29(21)12-15-5-6-17(24)18(25)10-15/h5-6,10-11,21,27H,2-4,7-9,12-13H2,1H3/t21-/m0/s1. The van der Waals surface area contributed by atoms with Crippen molar-refractivity contribution in [3.8, 4) is 0 Å². The first-order valence-electron chi connectivity index (χ1n) is 11.0. The lowest BCUT2D eigenvalue weighted by atomic mass is 9.98. The van der Waals surface area contributed by atoms with Crippen LogP contribution in [0, 0.1) is 11.6 Å². The summed E-state index contributed by atoms with van der Waals surface area (Å²) in [6.07, 6.45) is 3.52. The summed E-state index contributed by atoms with van der Waals surface area (Å²) in [4.78, 5) is 33.5. The van der Waals surface area contributed by atoms with Gasteiger partial charge < -0.3 is 4.90 Å². The SMILES string of the molecule is CC(=O)N1CCc2nc3cc([C@@H]4CCCCN4Cc4ccc(F)c(F)c4)[nH]n3c(=O)c2C1. The minimum atomic E-state index is -0.850. The largest absolute Gasteiger partial charge is 0.338 e. The van der Waals surface area contributed by atoms with Gasteiger partial charge in [0, 0.05) is 32.5 Å². The van der Waals surface area contributed by atoms with E-state index in [1.165, 1.54) is 17.5 Å².